The second kappa shape index (κ2) is 7.41. The van der Waals surface area contributed by atoms with Gasteiger partial charge in [-0.15, -0.1) is 0 Å². The van der Waals surface area contributed by atoms with Crippen LogP contribution in [-0.2, 0) is 0 Å². The molecule has 0 radical (unpaired) electrons. The first-order chi connectivity index (χ1) is 14.0. The molecule has 0 spiro atoms. The molecule has 2 heterocycles. The Balaban J connectivity index is 1.66. The summed E-state index contributed by atoms with van der Waals surface area (Å²) in [6, 6.07) is 18.9. The normalized spacial score (nSPS) is 20.0. The molecule has 2 aliphatic heterocycles. The Morgan fingerprint density at radius 3 is 2.34 bits per heavy atom. The van der Waals surface area contributed by atoms with Crippen molar-refractivity contribution in [3.8, 4) is 5.75 Å². The van der Waals surface area contributed by atoms with Gasteiger partial charge < -0.3 is 4.74 Å². The highest BCUT2D eigenvalue weighted by Crippen LogP contribution is 2.51. The van der Waals surface area contributed by atoms with Crippen LogP contribution in [0.5, 0.6) is 5.75 Å². The van der Waals surface area contributed by atoms with E-state index in [2.05, 4.69) is 0 Å². The molecule has 3 nitrogen and oxygen atoms in total. The van der Waals surface area contributed by atoms with Crippen molar-refractivity contribution < 1.29 is 4.74 Å². The van der Waals surface area contributed by atoms with Crippen molar-refractivity contribution in [3.63, 3.8) is 0 Å². The molecule has 7 heteroatoms. The third kappa shape index (κ3) is 3.36. The predicted octanol–water partition coefficient (Wildman–Crippen LogP) is 7.54. The van der Waals surface area contributed by atoms with Gasteiger partial charge >= 0.3 is 0 Å². The standard InChI is InChI=1S/C22H14Cl4N2O/c23-13-6-7-15(17(25)9-13)22-28-20(11-19(27-28)12-4-2-1-3-5-12)16-8-14(24)10-18(26)21(16)29-22/h1-10,20,22H,11H2/t20-,22-/m1/s1. The van der Waals surface area contributed by atoms with Crippen molar-refractivity contribution in [2.75, 3.05) is 0 Å². The average molecular weight is 464 g/mol. The van der Waals surface area contributed by atoms with E-state index < -0.39 is 6.23 Å². The molecule has 0 N–H and O–H groups in total. The average Bonchev–Trinajstić information content (AvgIpc) is 3.15. The van der Waals surface area contributed by atoms with E-state index in [0.29, 0.717) is 32.3 Å². The first-order valence-electron chi connectivity index (χ1n) is 9.03. The van der Waals surface area contributed by atoms with Crippen molar-refractivity contribution in [1.29, 1.82) is 0 Å². The smallest absolute Gasteiger partial charge is 0.215 e. The summed E-state index contributed by atoms with van der Waals surface area (Å²) in [4.78, 5) is 0. The van der Waals surface area contributed by atoms with Gasteiger partial charge in [0.15, 0.2) is 0 Å². The van der Waals surface area contributed by atoms with Crippen LogP contribution in [0.3, 0.4) is 0 Å². The minimum atomic E-state index is -0.530. The number of hydrazone groups is 1. The van der Waals surface area contributed by atoms with Gasteiger partial charge in [0.1, 0.15) is 5.75 Å². The molecule has 0 amide bonds. The Morgan fingerprint density at radius 1 is 0.828 bits per heavy atom. The van der Waals surface area contributed by atoms with Crippen LogP contribution in [0.1, 0.15) is 35.4 Å². The highest BCUT2D eigenvalue weighted by Gasteiger charge is 2.42. The lowest BCUT2D eigenvalue weighted by atomic mass is 9.96. The van der Waals surface area contributed by atoms with Gasteiger partial charge in [0.05, 0.1) is 21.8 Å². The molecule has 2 atom stereocenters. The fourth-order valence-corrected chi connectivity index (χ4v) is 4.88. The Hall–Kier alpha value is -1.91. The Bertz CT molecular complexity index is 1130. The van der Waals surface area contributed by atoms with E-state index in [4.69, 9.17) is 56.2 Å². The highest BCUT2D eigenvalue weighted by molar-refractivity contribution is 6.36. The molecule has 0 aliphatic carbocycles. The number of benzene rings is 3. The molecule has 2 aliphatic rings. The molecular weight excluding hydrogens is 450 g/mol. The quantitative estimate of drug-likeness (QED) is 0.392. The van der Waals surface area contributed by atoms with Crippen LogP contribution in [0, 0.1) is 0 Å². The molecule has 0 saturated carbocycles. The maximum Gasteiger partial charge on any atom is 0.215 e. The van der Waals surface area contributed by atoms with Crippen molar-refractivity contribution in [3.05, 3.63) is 97.4 Å². The molecule has 0 unspecified atom stereocenters. The topological polar surface area (TPSA) is 24.8 Å². The lowest BCUT2D eigenvalue weighted by molar-refractivity contribution is -0.0188. The van der Waals surface area contributed by atoms with Crippen molar-refractivity contribution >= 4 is 52.1 Å². The number of hydrogen-bond acceptors (Lipinski definition) is 3. The zero-order valence-corrected chi connectivity index (χ0v) is 18.0. The van der Waals surface area contributed by atoms with Gasteiger partial charge in [-0.1, -0.05) is 82.8 Å². The molecule has 0 aromatic heterocycles. The predicted molar refractivity (Wildman–Crippen MR) is 118 cm³/mol. The van der Waals surface area contributed by atoms with E-state index >= 15 is 0 Å². The van der Waals surface area contributed by atoms with Crippen LogP contribution < -0.4 is 4.74 Å². The Kier molecular flexibility index (Phi) is 4.87. The van der Waals surface area contributed by atoms with Crippen molar-refractivity contribution in [2.24, 2.45) is 5.10 Å². The number of fused-ring (bicyclic) bond motifs is 3. The summed E-state index contributed by atoms with van der Waals surface area (Å²) in [5, 5.41) is 8.95. The fraction of sp³-hybridized carbons (Fsp3) is 0.136. The third-order valence-corrected chi connectivity index (χ3v) is 6.21. The van der Waals surface area contributed by atoms with Gasteiger partial charge in [0.2, 0.25) is 6.23 Å². The van der Waals surface area contributed by atoms with Gasteiger partial charge in [-0.2, -0.15) is 5.10 Å². The van der Waals surface area contributed by atoms with Crippen LogP contribution in [0.4, 0.5) is 0 Å². The minimum absolute atomic E-state index is 0.0677. The van der Waals surface area contributed by atoms with Crippen LogP contribution in [-0.4, -0.2) is 10.7 Å². The SMILES string of the molecule is Clc1ccc([C@H]2Oc3c(Cl)cc(Cl)cc3[C@H]3CC(c4ccccc4)=NN32)c(Cl)c1. The third-order valence-electron chi connectivity index (χ3n) is 5.14. The summed E-state index contributed by atoms with van der Waals surface area (Å²) in [5.74, 6) is 0.609. The molecule has 0 saturated heterocycles. The number of nitrogens with zero attached hydrogens (tertiary/aromatic N) is 2. The summed E-state index contributed by atoms with van der Waals surface area (Å²) in [5.41, 5.74) is 3.73. The van der Waals surface area contributed by atoms with Crippen LogP contribution in [0.25, 0.3) is 0 Å². The summed E-state index contributed by atoms with van der Waals surface area (Å²) in [7, 11) is 0. The van der Waals surface area contributed by atoms with Crippen molar-refractivity contribution in [2.45, 2.75) is 18.7 Å². The van der Waals surface area contributed by atoms with E-state index in [1.807, 2.05) is 47.5 Å². The first-order valence-corrected chi connectivity index (χ1v) is 10.5. The molecule has 29 heavy (non-hydrogen) atoms. The van der Waals surface area contributed by atoms with Gasteiger partial charge in [-0.25, -0.2) is 5.01 Å². The van der Waals surface area contributed by atoms with Gasteiger partial charge in [0, 0.05) is 27.6 Å². The van der Waals surface area contributed by atoms with E-state index in [1.165, 1.54) is 0 Å². The summed E-state index contributed by atoms with van der Waals surface area (Å²) < 4.78 is 6.32. The first kappa shape index (κ1) is 19.1. The van der Waals surface area contributed by atoms with Gasteiger partial charge in [-0.3, -0.25) is 0 Å². The van der Waals surface area contributed by atoms with Crippen LogP contribution in [0.15, 0.2) is 65.8 Å². The molecule has 146 valence electrons. The molecule has 5 rings (SSSR count). The monoisotopic (exact) mass is 462 g/mol. The summed E-state index contributed by atoms with van der Waals surface area (Å²) >= 11 is 25.4. The molecule has 0 bridgehead atoms. The number of ether oxygens (including phenoxy) is 1. The number of halogens is 4. The second-order valence-corrected chi connectivity index (χ2v) is 8.64. The van der Waals surface area contributed by atoms with Gasteiger partial charge in [-0.05, 0) is 29.8 Å². The Labute approximate surface area is 188 Å². The van der Waals surface area contributed by atoms with Crippen molar-refractivity contribution in [1.82, 2.24) is 5.01 Å². The zero-order chi connectivity index (χ0) is 20.1. The van der Waals surface area contributed by atoms with Gasteiger partial charge in [0.25, 0.3) is 0 Å². The van der Waals surface area contributed by atoms with E-state index in [1.54, 1.807) is 18.2 Å². The molecule has 0 fully saturated rings. The molecular formula is C22H14Cl4N2O. The number of rotatable bonds is 2. The zero-order valence-electron chi connectivity index (χ0n) is 14.9. The van der Waals surface area contributed by atoms with E-state index in [9.17, 15) is 0 Å². The summed E-state index contributed by atoms with van der Waals surface area (Å²) in [6.45, 7) is 0. The maximum absolute atomic E-state index is 6.51. The minimum Gasteiger partial charge on any atom is -0.463 e. The lowest BCUT2D eigenvalue weighted by Crippen LogP contribution is -2.34. The maximum atomic E-state index is 6.51. The van der Waals surface area contributed by atoms with Crippen LogP contribution in [0.2, 0.25) is 20.1 Å². The van der Waals surface area contributed by atoms with Crippen LogP contribution >= 0.6 is 46.4 Å². The highest BCUT2D eigenvalue weighted by atomic mass is 35.5. The van der Waals surface area contributed by atoms with E-state index in [-0.39, 0.29) is 6.04 Å². The summed E-state index contributed by atoms with van der Waals surface area (Å²) in [6.07, 6.45) is 0.177. The number of hydrogen-bond donors (Lipinski definition) is 0. The molecule has 3 aromatic carbocycles. The molecule has 3 aromatic rings. The Morgan fingerprint density at radius 2 is 1.59 bits per heavy atom. The lowest BCUT2D eigenvalue weighted by Gasteiger charge is -2.39. The fourth-order valence-electron chi connectivity index (χ4n) is 3.83. The van der Waals surface area contributed by atoms with E-state index in [0.717, 1.165) is 22.4 Å². The second-order valence-electron chi connectivity index (χ2n) is 6.95. The largest absolute Gasteiger partial charge is 0.463 e.